The van der Waals surface area contributed by atoms with Crippen LogP contribution in [0.15, 0.2) is 30.3 Å². The maximum atomic E-state index is 12.5. The van der Waals surface area contributed by atoms with Crippen molar-refractivity contribution in [1.29, 1.82) is 0 Å². The molecule has 1 aliphatic heterocycles. The van der Waals surface area contributed by atoms with Crippen molar-refractivity contribution in [2.75, 3.05) is 23.3 Å². The fourth-order valence-electron chi connectivity index (χ4n) is 2.75. The first kappa shape index (κ1) is 15.5. The highest BCUT2D eigenvalue weighted by molar-refractivity contribution is 6.03. The molecule has 5 heteroatoms. The van der Waals surface area contributed by atoms with Crippen LogP contribution in [0.1, 0.15) is 41.5 Å². The van der Waals surface area contributed by atoms with E-state index < -0.39 is 0 Å². The van der Waals surface area contributed by atoms with Crippen molar-refractivity contribution in [2.24, 2.45) is 0 Å². The largest absolute Gasteiger partial charge is 0.341 e. The molecule has 0 radical (unpaired) electrons. The Balaban J connectivity index is 1.78. The Morgan fingerprint density at radius 3 is 2.52 bits per heavy atom. The first-order valence-electron chi connectivity index (χ1n) is 8.16. The summed E-state index contributed by atoms with van der Waals surface area (Å²) in [5, 5.41) is 2.91. The summed E-state index contributed by atoms with van der Waals surface area (Å²) in [6.45, 7) is 5.93. The number of rotatable bonds is 4. The Bertz CT molecular complexity index is 691. The van der Waals surface area contributed by atoms with Crippen LogP contribution < -0.4 is 10.2 Å². The fraction of sp³-hybridized carbons (Fsp3) is 0.389. The van der Waals surface area contributed by atoms with Gasteiger partial charge in [-0.25, -0.2) is 9.97 Å². The molecule has 120 valence electrons. The van der Waals surface area contributed by atoms with Crippen LogP contribution in [0.2, 0.25) is 0 Å². The summed E-state index contributed by atoms with van der Waals surface area (Å²) in [6.07, 6.45) is 3.30. The van der Waals surface area contributed by atoms with E-state index in [0.717, 1.165) is 43.7 Å². The molecule has 1 aromatic carbocycles. The quantitative estimate of drug-likeness (QED) is 0.942. The molecular formula is C18H22N4O. The number of hydrogen-bond acceptors (Lipinski definition) is 4. The second-order valence-corrected chi connectivity index (χ2v) is 5.89. The van der Waals surface area contributed by atoms with Crippen LogP contribution in [-0.4, -0.2) is 29.0 Å². The number of nitrogens with zero attached hydrogens (tertiary/aromatic N) is 3. The smallest absolute Gasteiger partial charge is 0.274 e. The van der Waals surface area contributed by atoms with Gasteiger partial charge in [-0.15, -0.1) is 0 Å². The van der Waals surface area contributed by atoms with Gasteiger partial charge >= 0.3 is 0 Å². The van der Waals surface area contributed by atoms with Crippen LogP contribution in [0.3, 0.4) is 0 Å². The molecule has 3 rings (SSSR count). The van der Waals surface area contributed by atoms with Crippen LogP contribution in [0, 0.1) is 6.92 Å². The zero-order valence-electron chi connectivity index (χ0n) is 13.7. The molecule has 2 heterocycles. The Kier molecular flexibility index (Phi) is 4.55. The monoisotopic (exact) mass is 310 g/mol. The van der Waals surface area contributed by atoms with Gasteiger partial charge in [-0.2, -0.15) is 0 Å². The van der Waals surface area contributed by atoms with Crippen LogP contribution in [0.5, 0.6) is 0 Å². The molecule has 1 aliphatic rings. The lowest BCUT2D eigenvalue weighted by atomic mass is 10.1. The predicted octanol–water partition coefficient (Wildman–Crippen LogP) is 3.20. The minimum Gasteiger partial charge on any atom is -0.341 e. The number of carbonyl (C=O) groups excluding carboxylic acids is 1. The molecule has 1 aromatic heterocycles. The van der Waals surface area contributed by atoms with E-state index in [9.17, 15) is 4.79 Å². The van der Waals surface area contributed by atoms with E-state index in [1.54, 1.807) is 6.07 Å². The van der Waals surface area contributed by atoms with E-state index in [-0.39, 0.29) is 5.91 Å². The zero-order chi connectivity index (χ0) is 16.2. The molecule has 0 unspecified atom stereocenters. The molecule has 0 spiro atoms. The van der Waals surface area contributed by atoms with E-state index in [4.69, 9.17) is 0 Å². The minimum atomic E-state index is -0.194. The van der Waals surface area contributed by atoms with Gasteiger partial charge in [0.1, 0.15) is 5.69 Å². The highest BCUT2D eigenvalue weighted by Crippen LogP contribution is 2.17. The van der Waals surface area contributed by atoms with Gasteiger partial charge in [0, 0.05) is 24.5 Å². The Morgan fingerprint density at radius 1 is 1.17 bits per heavy atom. The number of aromatic nitrogens is 2. The molecule has 5 nitrogen and oxygen atoms in total. The Labute approximate surface area is 136 Å². The fourth-order valence-corrected chi connectivity index (χ4v) is 2.75. The minimum absolute atomic E-state index is 0.194. The highest BCUT2D eigenvalue weighted by Gasteiger charge is 2.18. The molecule has 2 aromatic rings. The number of hydrogen-bond donors (Lipinski definition) is 1. The van der Waals surface area contributed by atoms with Gasteiger partial charge in [-0.1, -0.05) is 19.1 Å². The summed E-state index contributed by atoms with van der Waals surface area (Å²) in [5.74, 6) is 0.467. The predicted molar refractivity (Wildman–Crippen MR) is 92.0 cm³/mol. The maximum Gasteiger partial charge on any atom is 0.274 e. The first-order chi connectivity index (χ1) is 11.2. The van der Waals surface area contributed by atoms with Crippen LogP contribution >= 0.6 is 0 Å². The molecule has 1 amide bonds. The zero-order valence-corrected chi connectivity index (χ0v) is 13.7. The Hall–Kier alpha value is -2.43. The topological polar surface area (TPSA) is 58.1 Å². The third-order valence-electron chi connectivity index (χ3n) is 4.08. The SMILES string of the molecule is CCc1ccc(NC(=O)c2cc(C)nc(N3CCCC3)n2)cc1. The maximum absolute atomic E-state index is 12.5. The van der Waals surface area contributed by atoms with Gasteiger partial charge in [-0.05, 0) is 49.9 Å². The average molecular weight is 310 g/mol. The molecule has 0 aliphatic carbocycles. The van der Waals surface area contributed by atoms with Crippen molar-refractivity contribution < 1.29 is 4.79 Å². The van der Waals surface area contributed by atoms with E-state index in [1.165, 1.54) is 5.56 Å². The lowest BCUT2D eigenvalue weighted by molar-refractivity contribution is 0.102. The van der Waals surface area contributed by atoms with Crippen molar-refractivity contribution >= 4 is 17.5 Å². The van der Waals surface area contributed by atoms with Gasteiger partial charge in [-0.3, -0.25) is 4.79 Å². The van der Waals surface area contributed by atoms with Crippen molar-refractivity contribution in [3.05, 3.63) is 47.3 Å². The lowest BCUT2D eigenvalue weighted by Crippen LogP contribution is -2.23. The van der Waals surface area contributed by atoms with E-state index in [2.05, 4.69) is 27.1 Å². The van der Waals surface area contributed by atoms with Crippen LogP contribution in [-0.2, 0) is 6.42 Å². The van der Waals surface area contributed by atoms with Crippen molar-refractivity contribution in [3.8, 4) is 0 Å². The van der Waals surface area contributed by atoms with Crippen molar-refractivity contribution in [2.45, 2.75) is 33.1 Å². The summed E-state index contributed by atoms with van der Waals surface area (Å²) in [6, 6.07) is 9.63. The number of aryl methyl sites for hydroxylation is 2. The normalized spacial score (nSPS) is 14.1. The van der Waals surface area contributed by atoms with Gasteiger partial charge in [0.05, 0.1) is 0 Å². The molecular weight excluding hydrogens is 288 g/mol. The number of nitrogens with one attached hydrogen (secondary N) is 1. The first-order valence-corrected chi connectivity index (χ1v) is 8.16. The third-order valence-corrected chi connectivity index (χ3v) is 4.08. The average Bonchev–Trinajstić information content (AvgIpc) is 3.09. The second kappa shape index (κ2) is 6.77. The summed E-state index contributed by atoms with van der Waals surface area (Å²) in [7, 11) is 0. The molecule has 1 saturated heterocycles. The molecule has 0 atom stereocenters. The molecule has 0 bridgehead atoms. The van der Waals surface area contributed by atoms with E-state index in [0.29, 0.717) is 11.6 Å². The van der Waals surface area contributed by atoms with Gasteiger partial charge in [0.15, 0.2) is 0 Å². The summed E-state index contributed by atoms with van der Waals surface area (Å²) in [5.41, 5.74) is 3.26. The van der Waals surface area contributed by atoms with Crippen LogP contribution in [0.4, 0.5) is 11.6 Å². The summed E-state index contributed by atoms with van der Waals surface area (Å²) in [4.78, 5) is 23.5. The van der Waals surface area contributed by atoms with Gasteiger partial charge < -0.3 is 10.2 Å². The standard InChI is InChI=1S/C18H22N4O/c1-3-14-6-8-15(9-7-14)20-17(23)16-12-13(2)19-18(21-16)22-10-4-5-11-22/h6-9,12H,3-5,10-11H2,1-2H3,(H,20,23). The number of carbonyl (C=O) groups is 1. The van der Waals surface area contributed by atoms with E-state index >= 15 is 0 Å². The molecule has 0 saturated carbocycles. The number of amides is 1. The van der Waals surface area contributed by atoms with Crippen LogP contribution in [0.25, 0.3) is 0 Å². The molecule has 23 heavy (non-hydrogen) atoms. The Morgan fingerprint density at radius 2 is 1.87 bits per heavy atom. The van der Waals surface area contributed by atoms with Crippen molar-refractivity contribution in [1.82, 2.24) is 9.97 Å². The molecule has 1 fully saturated rings. The number of benzene rings is 1. The van der Waals surface area contributed by atoms with Gasteiger partial charge in [0.2, 0.25) is 5.95 Å². The van der Waals surface area contributed by atoms with Crippen molar-refractivity contribution in [3.63, 3.8) is 0 Å². The van der Waals surface area contributed by atoms with E-state index in [1.807, 2.05) is 31.2 Å². The number of anilines is 2. The highest BCUT2D eigenvalue weighted by atomic mass is 16.1. The second-order valence-electron chi connectivity index (χ2n) is 5.89. The lowest BCUT2D eigenvalue weighted by Gasteiger charge is -2.16. The van der Waals surface area contributed by atoms with Gasteiger partial charge in [0.25, 0.3) is 5.91 Å². The summed E-state index contributed by atoms with van der Waals surface area (Å²) < 4.78 is 0. The summed E-state index contributed by atoms with van der Waals surface area (Å²) >= 11 is 0. The third kappa shape index (κ3) is 3.67. The molecule has 1 N–H and O–H groups in total.